The van der Waals surface area contributed by atoms with Crippen molar-refractivity contribution < 1.29 is 9.53 Å². The van der Waals surface area contributed by atoms with E-state index < -0.39 is 0 Å². The predicted molar refractivity (Wildman–Crippen MR) is 109 cm³/mol. The van der Waals surface area contributed by atoms with Crippen LogP contribution in [0.4, 0.5) is 5.69 Å². The number of benzene rings is 3. The summed E-state index contributed by atoms with van der Waals surface area (Å²) in [6.45, 7) is 0. The molecule has 1 aliphatic heterocycles. The van der Waals surface area contributed by atoms with Gasteiger partial charge in [0, 0.05) is 28.8 Å². The molecule has 0 saturated carbocycles. The molecule has 1 N–H and O–H groups in total. The summed E-state index contributed by atoms with van der Waals surface area (Å²) in [5.74, 6) is 1.06. The first-order valence-corrected chi connectivity index (χ1v) is 9.46. The zero-order valence-electron chi connectivity index (χ0n) is 15.3. The molecular formula is C24H21NO2. The van der Waals surface area contributed by atoms with Crippen molar-refractivity contribution in [1.29, 1.82) is 0 Å². The minimum atomic E-state index is -0.169. The van der Waals surface area contributed by atoms with Crippen molar-refractivity contribution in [3.05, 3.63) is 77.4 Å². The molecule has 5 rings (SSSR count). The van der Waals surface area contributed by atoms with Gasteiger partial charge >= 0.3 is 0 Å². The third-order valence-electron chi connectivity index (χ3n) is 5.73. The van der Waals surface area contributed by atoms with Gasteiger partial charge < -0.3 is 10.1 Å². The highest BCUT2D eigenvalue weighted by atomic mass is 16.5. The Bertz CT molecular complexity index is 1100. The van der Waals surface area contributed by atoms with Gasteiger partial charge in [-0.2, -0.15) is 0 Å². The fraction of sp³-hybridized carbons (Fsp3) is 0.208. The van der Waals surface area contributed by atoms with Crippen molar-refractivity contribution in [3.8, 4) is 5.75 Å². The van der Waals surface area contributed by atoms with Crippen molar-refractivity contribution >= 4 is 27.8 Å². The SMILES string of the molecule is COc1ccccc1[C@H]1Nc2ccc3ccccc3c2C2=C1C(=O)CCC2. The van der Waals surface area contributed by atoms with E-state index in [1.54, 1.807) is 7.11 Å². The maximum absolute atomic E-state index is 13.0. The first kappa shape index (κ1) is 16.1. The van der Waals surface area contributed by atoms with Crippen LogP contribution in [-0.2, 0) is 4.79 Å². The lowest BCUT2D eigenvalue weighted by Gasteiger charge is -2.35. The van der Waals surface area contributed by atoms with E-state index in [2.05, 4.69) is 47.8 Å². The van der Waals surface area contributed by atoms with Gasteiger partial charge in [0.15, 0.2) is 5.78 Å². The lowest BCUT2D eigenvalue weighted by molar-refractivity contribution is -0.116. The van der Waals surface area contributed by atoms with Crippen molar-refractivity contribution in [3.63, 3.8) is 0 Å². The van der Waals surface area contributed by atoms with Crippen LogP contribution in [0.5, 0.6) is 5.75 Å². The van der Waals surface area contributed by atoms with Gasteiger partial charge in [0.25, 0.3) is 0 Å². The molecule has 1 aliphatic carbocycles. The monoisotopic (exact) mass is 355 g/mol. The molecule has 3 nitrogen and oxygen atoms in total. The second kappa shape index (κ2) is 6.27. The average Bonchev–Trinajstić information content (AvgIpc) is 2.73. The largest absolute Gasteiger partial charge is 0.496 e. The minimum Gasteiger partial charge on any atom is -0.496 e. The number of allylic oxidation sites excluding steroid dienone is 1. The van der Waals surface area contributed by atoms with Gasteiger partial charge in [-0.15, -0.1) is 0 Å². The van der Waals surface area contributed by atoms with Crippen molar-refractivity contribution in [2.45, 2.75) is 25.3 Å². The molecule has 0 amide bonds. The van der Waals surface area contributed by atoms with E-state index in [0.29, 0.717) is 6.42 Å². The number of hydrogen-bond donors (Lipinski definition) is 1. The Balaban J connectivity index is 1.80. The Morgan fingerprint density at radius 2 is 1.78 bits per heavy atom. The molecule has 3 aromatic rings. The quantitative estimate of drug-likeness (QED) is 0.657. The third-order valence-corrected chi connectivity index (χ3v) is 5.73. The maximum Gasteiger partial charge on any atom is 0.161 e. The number of anilines is 1. The summed E-state index contributed by atoms with van der Waals surface area (Å²) in [6.07, 6.45) is 2.47. The summed E-state index contributed by atoms with van der Waals surface area (Å²) >= 11 is 0. The first-order valence-electron chi connectivity index (χ1n) is 9.46. The highest BCUT2D eigenvalue weighted by molar-refractivity contribution is 6.12. The highest BCUT2D eigenvalue weighted by Gasteiger charge is 2.35. The molecule has 0 bridgehead atoms. The Morgan fingerprint density at radius 3 is 2.67 bits per heavy atom. The van der Waals surface area contributed by atoms with Crippen LogP contribution in [0.1, 0.15) is 36.4 Å². The van der Waals surface area contributed by atoms with Gasteiger partial charge in [0.1, 0.15) is 5.75 Å². The zero-order chi connectivity index (χ0) is 18.4. The lowest BCUT2D eigenvalue weighted by Crippen LogP contribution is -2.27. The smallest absolute Gasteiger partial charge is 0.161 e. The van der Waals surface area contributed by atoms with Gasteiger partial charge in [-0.3, -0.25) is 4.79 Å². The number of methoxy groups -OCH3 is 1. The van der Waals surface area contributed by atoms with Crippen LogP contribution in [-0.4, -0.2) is 12.9 Å². The topological polar surface area (TPSA) is 38.3 Å². The number of carbonyl (C=O) groups excluding carboxylic acids is 1. The van der Waals surface area contributed by atoms with Crippen LogP contribution in [0.15, 0.2) is 66.2 Å². The Morgan fingerprint density at radius 1 is 0.963 bits per heavy atom. The molecule has 1 heterocycles. The predicted octanol–water partition coefficient (Wildman–Crippen LogP) is 5.52. The van der Waals surface area contributed by atoms with Crippen molar-refractivity contribution in [2.24, 2.45) is 0 Å². The molecule has 3 aromatic carbocycles. The molecule has 0 radical (unpaired) electrons. The molecular weight excluding hydrogens is 334 g/mol. The van der Waals surface area contributed by atoms with Gasteiger partial charge in [-0.25, -0.2) is 0 Å². The minimum absolute atomic E-state index is 0.169. The number of rotatable bonds is 2. The van der Waals surface area contributed by atoms with Crippen molar-refractivity contribution in [2.75, 3.05) is 12.4 Å². The molecule has 134 valence electrons. The highest BCUT2D eigenvalue weighted by Crippen LogP contribution is 2.49. The second-order valence-electron chi connectivity index (χ2n) is 7.20. The summed E-state index contributed by atoms with van der Waals surface area (Å²) in [4.78, 5) is 13.0. The summed E-state index contributed by atoms with van der Waals surface area (Å²) in [7, 11) is 1.68. The number of Topliss-reactive ketones (excluding diaryl/α,β-unsaturated/α-hetero) is 1. The standard InChI is InChI=1S/C24H21NO2/c1-27-21-12-5-4-9-17(21)24-23-18(10-6-11-20(23)26)22-16-8-3-2-7-15(16)13-14-19(22)25-24/h2-5,7-9,12-14,24-25H,6,10-11H2,1H3/t24-/m1/s1. The number of hydrogen-bond acceptors (Lipinski definition) is 3. The molecule has 0 saturated heterocycles. The van der Waals surface area contributed by atoms with E-state index in [1.807, 2.05) is 18.2 Å². The molecule has 27 heavy (non-hydrogen) atoms. The maximum atomic E-state index is 13.0. The molecule has 0 unspecified atom stereocenters. The number of fused-ring (bicyclic) bond motifs is 4. The van der Waals surface area contributed by atoms with Gasteiger partial charge in [0.05, 0.1) is 13.2 Å². The number of carbonyl (C=O) groups is 1. The Hall–Kier alpha value is -3.07. The van der Waals surface area contributed by atoms with Gasteiger partial charge in [-0.1, -0.05) is 48.5 Å². The molecule has 0 spiro atoms. The lowest BCUT2D eigenvalue weighted by atomic mass is 9.76. The fourth-order valence-corrected chi connectivity index (χ4v) is 4.54. The van der Waals surface area contributed by atoms with Crippen LogP contribution in [0, 0.1) is 0 Å². The summed E-state index contributed by atoms with van der Waals surface area (Å²) in [6, 6.07) is 20.5. The molecule has 2 aliphatic rings. The number of nitrogens with one attached hydrogen (secondary N) is 1. The van der Waals surface area contributed by atoms with Crippen molar-refractivity contribution in [1.82, 2.24) is 0 Å². The van der Waals surface area contributed by atoms with Crippen LogP contribution in [0.25, 0.3) is 16.3 Å². The van der Waals surface area contributed by atoms with Crippen LogP contribution in [0.3, 0.4) is 0 Å². The number of para-hydroxylation sites is 1. The van der Waals surface area contributed by atoms with E-state index >= 15 is 0 Å². The van der Waals surface area contributed by atoms with E-state index in [4.69, 9.17) is 4.74 Å². The van der Waals surface area contributed by atoms with Gasteiger partial charge in [-0.05, 0) is 41.3 Å². The zero-order valence-corrected chi connectivity index (χ0v) is 15.3. The average molecular weight is 355 g/mol. The van der Waals surface area contributed by atoms with E-state index in [9.17, 15) is 4.79 Å². The molecule has 1 atom stereocenters. The van der Waals surface area contributed by atoms with Crippen LogP contribution in [0.2, 0.25) is 0 Å². The molecule has 0 fully saturated rings. The number of ether oxygens (including phenoxy) is 1. The molecule has 3 heteroatoms. The van der Waals surface area contributed by atoms with E-state index in [-0.39, 0.29) is 11.8 Å². The normalized spacial score (nSPS) is 18.7. The summed E-state index contributed by atoms with van der Waals surface area (Å²) < 4.78 is 5.60. The molecule has 0 aromatic heterocycles. The first-order chi connectivity index (χ1) is 13.3. The van der Waals surface area contributed by atoms with E-state index in [0.717, 1.165) is 35.4 Å². The third kappa shape index (κ3) is 2.46. The second-order valence-corrected chi connectivity index (χ2v) is 7.20. The van der Waals surface area contributed by atoms with E-state index in [1.165, 1.54) is 21.9 Å². The summed E-state index contributed by atoms with van der Waals surface area (Å²) in [5.41, 5.74) is 5.42. The van der Waals surface area contributed by atoms with Gasteiger partial charge in [0.2, 0.25) is 0 Å². The van der Waals surface area contributed by atoms with Crippen LogP contribution < -0.4 is 10.1 Å². The summed E-state index contributed by atoms with van der Waals surface area (Å²) in [5, 5.41) is 6.07. The van der Waals surface area contributed by atoms with Crippen LogP contribution >= 0.6 is 0 Å². The fourth-order valence-electron chi connectivity index (χ4n) is 4.54. The Kier molecular flexibility index (Phi) is 3.75. The number of ketones is 1. The Labute approximate surface area is 158 Å².